The number of nitrogens with zero attached hydrogens (tertiary/aromatic N) is 4. The minimum Gasteiger partial charge on any atom is -0.494 e. The van der Waals surface area contributed by atoms with Crippen LogP contribution >= 0.6 is 15.9 Å². The second-order valence-electron chi connectivity index (χ2n) is 10.4. The Bertz CT molecular complexity index is 1290. The summed E-state index contributed by atoms with van der Waals surface area (Å²) in [5.41, 5.74) is 2.76. The molecule has 0 saturated carbocycles. The number of hydrogen-bond donors (Lipinski definition) is 3. The summed E-state index contributed by atoms with van der Waals surface area (Å²) in [4.78, 5) is 13.8. The van der Waals surface area contributed by atoms with Gasteiger partial charge in [0.05, 0.1) is 22.9 Å². The van der Waals surface area contributed by atoms with Crippen molar-refractivity contribution in [1.82, 2.24) is 14.9 Å². The predicted molar refractivity (Wildman–Crippen MR) is 155 cm³/mol. The van der Waals surface area contributed by atoms with E-state index in [1.165, 1.54) is 17.8 Å². The smallest absolute Gasteiger partial charge is 0.229 e. The molecule has 204 valence electrons. The Morgan fingerprint density at radius 2 is 1.84 bits per heavy atom. The van der Waals surface area contributed by atoms with Crippen LogP contribution in [0.25, 0.3) is 0 Å². The first-order chi connectivity index (χ1) is 18.0. The maximum atomic E-state index is 13.9. The Morgan fingerprint density at radius 1 is 1.13 bits per heavy atom. The molecule has 10 heteroatoms. The van der Waals surface area contributed by atoms with E-state index >= 15 is 0 Å². The van der Waals surface area contributed by atoms with Gasteiger partial charge in [-0.15, -0.1) is 0 Å². The zero-order chi connectivity index (χ0) is 27.6. The highest BCUT2D eigenvalue weighted by atomic mass is 79.9. The second-order valence-corrected chi connectivity index (χ2v) is 11.3. The van der Waals surface area contributed by atoms with E-state index in [1.54, 1.807) is 33.2 Å². The molecule has 1 saturated heterocycles. The van der Waals surface area contributed by atoms with Crippen LogP contribution in [0.1, 0.15) is 37.8 Å². The molecule has 0 unspecified atom stereocenters. The number of rotatable bonds is 8. The second kappa shape index (κ2) is 11.4. The molecule has 1 aliphatic rings. The first kappa shape index (κ1) is 28.1. The number of hydrogen-bond acceptors (Lipinski definition) is 8. The van der Waals surface area contributed by atoms with E-state index in [0.717, 1.165) is 37.2 Å². The van der Waals surface area contributed by atoms with Crippen molar-refractivity contribution in [1.29, 1.82) is 0 Å². The largest absolute Gasteiger partial charge is 0.494 e. The normalized spacial score (nSPS) is 14.6. The van der Waals surface area contributed by atoms with E-state index in [-0.39, 0.29) is 0 Å². The predicted octanol–water partition coefficient (Wildman–Crippen LogP) is 5.94. The van der Waals surface area contributed by atoms with Crippen molar-refractivity contribution in [3.05, 3.63) is 57.9 Å². The van der Waals surface area contributed by atoms with Crippen molar-refractivity contribution < 1.29 is 14.2 Å². The molecule has 0 atom stereocenters. The van der Waals surface area contributed by atoms with Gasteiger partial charge in [-0.3, -0.25) is 0 Å². The van der Waals surface area contributed by atoms with Crippen LogP contribution in [0.4, 0.5) is 33.2 Å². The van der Waals surface area contributed by atoms with Crippen molar-refractivity contribution in [2.45, 2.75) is 45.3 Å². The van der Waals surface area contributed by atoms with E-state index in [4.69, 9.17) is 4.74 Å². The summed E-state index contributed by atoms with van der Waals surface area (Å²) in [5.74, 6) is 1.10. The Balaban J connectivity index is 1.58. The summed E-state index contributed by atoms with van der Waals surface area (Å²) in [6.45, 7) is 7.32. The van der Waals surface area contributed by atoms with Gasteiger partial charge in [0.2, 0.25) is 5.95 Å². The number of aliphatic hydroxyl groups is 1. The van der Waals surface area contributed by atoms with Gasteiger partial charge >= 0.3 is 0 Å². The molecule has 0 amide bonds. The zero-order valence-corrected chi connectivity index (χ0v) is 24.4. The average molecular weight is 588 g/mol. The van der Waals surface area contributed by atoms with Crippen LogP contribution < -0.4 is 20.3 Å². The number of nitrogens with one attached hydrogen (secondary N) is 2. The van der Waals surface area contributed by atoms with E-state index < -0.39 is 11.4 Å². The molecule has 1 aliphatic heterocycles. The molecule has 1 aromatic heterocycles. The number of aryl methyl sites for hydroxylation is 1. The summed E-state index contributed by atoms with van der Waals surface area (Å²) < 4.78 is 20.3. The molecular formula is C28H36BrFN6O2. The molecule has 0 aliphatic carbocycles. The fourth-order valence-corrected chi connectivity index (χ4v) is 5.09. The number of ether oxygens (including phenoxy) is 1. The van der Waals surface area contributed by atoms with Gasteiger partial charge < -0.3 is 30.3 Å². The number of methoxy groups -OCH3 is 1. The van der Waals surface area contributed by atoms with Crippen molar-refractivity contribution in [2.24, 2.45) is 0 Å². The molecule has 0 radical (unpaired) electrons. The number of piperidine rings is 1. The van der Waals surface area contributed by atoms with Crippen LogP contribution in [0.2, 0.25) is 0 Å². The van der Waals surface area contributed by atoms with Gasteiger partial charge in [-0.05, 0) is 93.5 Å². The lowest BCUT2D eigenvalue weighted by atomic mass is 9.96. The molecular weight excluding hydrogens is 551 g/mol. The summed E-state index contributed by atoms with van der Waals surface area (Å²) in [5, 5.41) is 17.0. The van der Waals surface area contributed by atoms with E-state index in [2.05, 4.69) is 79.5 Å². The first-order valence-corrected chi connectivity index (χ1v) is 13.4. The minimum atomic E-state index is -1.25. The van der Waals surface area contributed by atoms with Crippen molar-refractivity contribution in [2.75, 3.05) is 49.8 Å². The molecule has 8 nitrogen and oxygen atoms in total. The molecule has 3 N–H and O–H groups in total. The minimum absolute atomic E-state index is 0.361. The summed E-state index contributed by atoms with van der Waals surface area (Å²) in [6, 6.07) is 8.97. The van der Waals surface area contributed by atoms with Crippen molar-refractivity contribution in [3.8, 4) is 5.75 Å². The van der Waals surface area contributed by atoms with Gasteiger partial charge in [0.1, 0.15) is 17.4 Å². The summed E-state index contributed by atoms with van der Waals surface area (Å²) >= 11 is 3.48. The highest BCUT2D eigenvalue weighted by molar-refractivity contribution is 9.10. The van der Waals surface area contributed by atoms with Gasteiger partial charge in [0, 0.05) is 48.3 Å². The van der Waals surface area contributed by atoms with Crippen LogP contribution in [0, 0.1) is 12.7 Å². The van der Waals surface area contributed by atoms with Gasteiger partial charge in [-0.2, -0.15) is 4.98 Å². The van der Waals surface area contributed by atoms with E-state index in [0.29, 0.717) is 39.3 Å². The molecule has 3 aromatic rings. The fourth-order valence-electron chi connectivity index (χ4n) is 4.80. The number of anilines is 5. The molecule has 4 rings (SSSR count). The SMILES string of the molecule is COc1cc(N2CCC(N(C)C)CC2)c(C)cc1Nc1ncc(Br)c(Nc2ccc(F)cc2C(C)(C)O)n1. The van der Waals surface area contributed by atoms with Crippen LogP contribution in [0.15, 0.2) is 41.0 Å². The lowest BCUT2D eigenvalue weighted by molar-refractivity contribution is 0.0790. The molecule has 38 heavy (non-hydrogen) atoms. The summed E-state index contributed by atoms with van der Waals surface area (Å²) in [6.07, 6.45) is 3.88. The zero-order valence-electron chi connectivity index (χ0n) is 22.8. The van der Waals surface area contributed by atoms with Crippen LogP contribution in [0.5, 0.6) is 5.75 Å². The molecule has 0 spiro atoms. The third-order valence-electron chi connectivity index (χ3n) is 6.94. The first-order valence-electron chi connectivity index (χ1n) is 12.6. The third kappa shape index (κ3) is 6.36. The van der Waals surface area contributed by atoms with Crippen LogP contribution in [-0.2, 0) is 5.60 Å². The topological polar surface area (TPSA) is 85.8 Å². The highest BCUT2D eigenvalue weighted by Gasteiger charge is 2.24. The van der Waals surface area contributed by atoms with E-state index in [1.807, 2.05) is 0 Å². The Morgan fingerprint density at radius 3 is 2.47 bits per heavy atom. The van der Waals surface area contributed by atoms with Crippen LogP contribution in [-0.4, -0.2) is 60.3 Å². The van der Waals surface area contributed by atoms with Crippen LogP contribution in [0.3, 0.4) is 0 Å². The molecule has 2 aromatic carbocycles. The van der Waals surface area contributed by atoms with Gasteiger partial charge in [0.25, 0.3) is 0 Å². The number of aromatic nitrogens is 2. The Hall–Kier alpha value is -2.95. The maximum absolute atomic E-state index is 13.9. The monoisotopic (exact) mass is 586 g/mol. The summed E-state index contributed by atoms with van der Waals surface area (Å²) in [7, 11) is 5.94. The van der Waals surface area contributed by atoms with Crippen molar-refractivity contribution in [3.63, 3.8) is 0 Å². The number of halogens is 2. The van der Waals surface area contributed by atoms with Gasteiger partial charge in [-0.1, -0.05) is 0 Å². The van der Waals surface area contributed by atoms with Gasteiger partial charge in [-0.25, -0.2) is 9.37 Å². The maximum Gasteiger partial charge on any atom is 0.229 e. The quantitative estimate of drug-likeness (QED) is 0.299. The Labute approximate surface area is 232 Å². The van der Waals surface area contributed by atoms with Crippen molar-refractivity contribution >= 4 is 44.8 Å². The lowest BCUT2D eigenvalue weighted by Gasteiger charge is -2.37. The van der Waals surface area contributed by atoms with E-state index in [9.17, 15) is 9.50 Å². The fraction of sp³-hybridized carbons (Fsp3) is 0.429. The molecule has 1 fully saturated rings. The third-order valence-corrected chi connectivity index (χ3v) is 7.52. The molecule has 2 heterocycles. The lowest BCUT2D eigenvalue weighted by Crippen LogP contribution is -2.42. The molecule has 0 bridgehead atoms. The average Bonchev–Trinajstić information content (AvgIpc) is 2.86. The van der Waals surface area contributed by atoms with Gasteiger partial charge in [0.15, 0.2) is 0 Å². The number of benzene rings is 2. The highest BCUT2D eigenvalue weighted by Crippen LogP contribution is 2.37. The standard InChI is InChI=1S/C28H36BrFN6O2/c1-17-13-23(25(38-6)15-24(17)36-11-9-19(10-12-36)35(4)5)33-27-31-16-21(29)26(34-27)32-22-8-7-18(30)14-20(22)28(2,3)37/h7-8,13-16,19,37H,9-12H2,1-6H3,(H2,31,32,33,34). The Kier molecular flexibility index (Phi) is 8.44.